The molecule has 0 bridgehead atoms. The van der Waals surface area contributed by atoms with Crippen molar-refractivity contribution in [3.63, 3.8) is 0 Å². The first kappa shape index (κ1) is 15.3. The highest BCUT2D eigenvalue weighted by atomic mass is 16.3. The number of aromatic nitrogens is 4. The number of aryl methyl sites for hydroxylation is 1. The zero-order valence-corrected chi connectivity index (χ0v) is 13.7. The lowest BCUT2D eigenvalue weighted by Gasteiger charge is -2.29. The van der Waals surface area contributed by atoms with Crippen molar-refractivity contribution in [3.05, 3.63) is 35.7 Å². The molecule has 1 unspecified atom stereocenters. The van der Waals surface area contributed by atoms with Crippen LogP contribution >= 0.6 is 0 Å². The van der Waals surface area contributed by atoms with Crippen LogP contribution in [-0.4, -0.2) is 54.3 Å². The van der Waals surface area contributed by atoms with E-state index in [-0.39, 0.29) is 11.9 Å². The number of hydrogen-bond acceptors (Lipinski definition) is 5. The van der Waals surface area contributed by atoms with Crippen LogP contribution in [0.15, 0.2) is 24.3 Å². The summed E-state index contributed by atoms with van der Waals surface area (Å²) in [5.74, 6) is 0.820. The summed E-state index contributed by atoms with van der Waals surface area (Å²) in [6, 6.07) is 7.72. The Hall–Kier alpha value is -2.28. The summed E-state index contributed by atoms with van der Waals surface area (Å²) in [4.78, 5) is 14.5. The predicted octanol–water partition coefficient (Wildman–Crippen LogP) is 1.03. The van der Waals surface area contributed by atoms with E-state index in [2.05, 4.69) is 15.5 Å². The number of likely N-dealkylation sites (tertiary alicyclic amines) is 1. The molecule has 1 amide bonds. The van der Waals surface area contributed by atoms with Gasteiger partial charge in [-0.05, 0) is 60.7 Å². The van der Waals surface area contributed by atoms with E-state index in [1.54, 1.807) is 4.68 Å². The molecule has 1 atom stereocenters. The van der Waals surface area contributed by atoms with Crippen LogP contribution < -0.4 is 0 Å². The van der Waals surface area contributed by atoms with E-state index in [1.807, 2.05) is 36.1 Å². The maximum Gasteiger partial charge on any atom is 0.227 e. The monoisotopic (exact) mass is 327 g/mol. The van der Waals surface area contributed by atoms with Crippen LogP contribution in [0.25, 0.3) is 5.69 Å². The van der Waals surface area contributed by atoms with Crippen LogP contribution in [0.5, 0.6) is 0 Å². The molecule has 1 aliphatic heterocycles. The molecule has 2 heterocycles. The Kier molecular flexibility index (Phi) is 3.60. The molecule has 1 aromatic carbocycles. The minimum atomic E-state index is -0.617. The second-order valence-corrected chi connectivity index (χ2v) is 6.83. The molecule has 0 spiro atoms. The number of nitrogens with zero attached hydrogens (tertiary/aromatic N) is 5. The minimum Gasteiger partial charge on any atom is -0.388 e. The third-order valence-electron chi connectivity index (χ3n) is 5.12. The summed E-state index contributed by atoms with van der Waals surface area (Å²) in [6.07, 6.45) is 3.90. The summed E-state index contributed by atoms with van der Waals surface area (Å²) in [6.45, 7) is 2.60. The van der Waals surface area contributed by atoms with Crippen LogP contribution in [-0.2, 0) is 11.2 Å². The molecular formula is C17H21N5O2. The molecule has 1 saturated heterocycles. The van der Waals surface area contributed by atoms with Crippen molar-refractivity contribution in [3.8, 4) is 5.69 Å². The Morgan fingerprint density at radius 3 is 2.71 bits per heavy atom. The van der Waals surface area contributed by atoms with Crippen LogP contribution in [0, 0.1) is 6.92 Å². The predicted molar refractivity (Wildman–Crippen MR) is 86.5 cm³/mol. The number of benzene rings is 1. The van der Waals surface area contributed by atoms with Crippen molar-refractivity contribution in [2.75, 3.05) is 6.54 Å². The first-order chi connectivity index (χ1) is 11.6. The summed E-state index contributed by atoms with van der Waals surface area (Å²) in [5, 5.41) is 21.8. The molecule has 7 nitrogen and oxygen atoms in total. The molecule has 24 heavy (non-hydrogen) atoms. The van der Waals surface area contributed by atoms with Gasteiger partial charge in [-0.2, -0.15) is 4.68 Å². The molecule has 126 valence electrons. The molecule has 2 fully saturated rings. The average Bonchev–Trinajstić information content (AvgIpc) is 3.01. The third kappa shape index (κ3) is 2.69. The van der Waals surface area contributed by atoms with Gasteiger partial charge in [0, 0.05) is 6.54 Å². The molecule has 4 rings (SSSR count). The number of carbonyl (C=O) groups excluding carboxylic acids is 1. The molecule has 1 N–H and O–H groups in total. The van der Waals surface area contributed by atoms with Gasteiger partial charge in [-0.25, -0.2) is 0 Å². The Bertz CT molecular complexity index is 751. The van der Waals surface area contributed by atoms with Gasteiger partial charge >= 0.3 is 0 Å². The van der Waals surface area contributed by atoms with Gasteiger partial charge in [0.1, 0.15) is 0 Å². The van der Waals surface area contributed by atoms with E-state index in [0.29, 0.717) is 6.42 Å². The van der Waals surface area contributed by atoms with Gasteiger partial charge in [0.25, 0.3) is 0 Å². The van der Waals surface area contributed by atoms with E-state index < -0.39 is 5.60 Å². The van der Waals surface area contributed by atoms with Crippen LogP contribution in [0.4, 0.5) is 0 Å². The van der Waals surface area contributed by atoms with Crippen LogP contribution in [0.3, 0.4) is 0 Å². The lowest BCUT2D eigenvalue weighted by atomic mass is 10.1. The zero-order valence-electron chi connectivity index (χ0n) is 13.7. The Morgan fingerprint density at radius 1 is 1.33 bits per heavy atom. The molecule has 2 aromatic rings. The van der Waals surface area contributed by atoms with E-state index >= 15 is 0 Å². The largest absolute Gasteiger partial charge is 0.388 e. The second-order valence-electron chi connectivity index (χ2n) is 6.83. The number of rotatable bonds is 4. The quantitative estimate of drug-likeness (QED) is 0.907. The van der Waals surface area contributed by atoms with Crippen LogP contribution in [0.1, 0.15) is 37.1 Å². The number of amides is 1. The van der Waals surface area contributed by atoms with Gasteiger partial charge in [0.2, 0.25) is 5.91 Å². The van der Waals surface area contributed by atoms with Crippen LogP contribution in [0.2, 0.25) is 0 Å². The highest BCUT2D eigenvalue weighted by Crippen LogP contribution is 2.44. The molecule has 7 heteroatoms. The van der Waals surface area contributed by atoms with Crippen molar-refractivity contribution in [2.45, 2.75) is 50.7 Å². The van der Waals surface area contributed by atoms with Crippen molar-refractivity contribution in [2.24, 2.45) is 0 Å². The molecule has 1 aliphatic carbocycles. The first-order valence-corrected chi connectivity index (χ1v) is 8.43. The number of hydrogen-bond donors (Lipinski definition) is 1. The van der Waals surface area contributed by atoms with Gasteiger partial charge in [-0.15, -0.1) is 5.10 Å². The fourth-order valence-corrected chi connectivity index (χ4v) is 3.59. The van der Waals surface area contributed by atoms with Gasteiger partial charge in [0.15, 0.2) is 5.82 Å². The Balaban J connectivity index is 1.45. The molecule has 1 aromatic heterocycles. The fourth-order valence-electron chi connectivity index (χ4n) is 3.59. The first-order valence-electron chi connectivity index (χ1n) is 8.43. The minimum absolute atomic E-state index is 0.00754. The second kappa shape index (κ2) is 5.66. The van der Waals surface area contributed by atoms with Crippen molar-refractivity contribution in [1.29, 1.82) is 0 Å². The molecule has 0 radical (unpaired) electrons. The highest BCUT2D eigenvalue weighted by molar-refractivity contribution is 5.79. The van der Waals surface area contributed by atoms with Gasteiger partial charge in [-0.3, -0.25) is 4.79 Å². The van der Waals surface area contributed by atoms with E-state index in [4.69, 9.17) is 0 Å². The maximum atomic E-state index is 12.6. The van der Waals surface area contributed by atoms with E-state index in [0.717, 1.165) is 49.3 Å². The Labute approximate surface area is 140 Å². The van der Waals surface area contributed by atoms with Crippen molar-refractivity contribution < 1.29 is 9.90 Å². The van der Waals surface area contributed by atoms with Gasteiger partial charge in [-0.1, -0.05) is 12.1 Å². The fraction of sp³-hybridized carbons (Fsp3) is 0.529. The van der Waals surface area contributed by atoms with Gasteiger partial charge in [0.05, 0.1) is 23.8 Å². The standard InChI is InChI=1S/C17H21N5O2/c1-12-18-19-20-22(12)14-6-4-13(5-7-14)11-16(23)21-10-2-3-15(21)17(24)8-9-17/h4-7,15,24H,2-3,8-11H2,1H3. The lowest BCUT2D eigenvalue weighted by Crippen LogP contribution is -2.44. The topological polar surface area (TPSA) is 84.1 Å². The maximum absolute atomic E-state index is 12.6. The molecule has 1 saturated carbocycles. The third-order valence-corrected chi connectivity index (χ3v) is 5.12. The smallest absolute Gasteiger partial charge is 0.227 e. The Morgan fingerprint density at radius 2 is 2.08 bits per heavy atom. The summed E-state index contributed by atoms with van der Waals surface area (Å²) in [5.41, 5.74) is 1.22. The number of aliphatic hydroxyl groups is 1. The highest BCUT2D eigenvalue weighted by Gasteiger charge is 2.52. The molecular weight excluding hydrogens is 306 g/mol. The van der Waals surface area contributed by atoms with Gasteiger partial charge < -0.3 is 10.0 Å². The summed E-state index contributed by atoms with van der Waals surface area (Å²) in [7, 11) is 0. The molecule has 2 aliphatic rings. The normalized spacial score (nSPS) is 21.9. The van der Waals surface area contributed by atoms with Crippen molar-refractivity contribution >= 4 is 5.91 Å². The number of tetrazole rings is 1. The average molecular weight is 327 g/mol. The zero-order chi connectivity index (χ0) is 16.7. The lowest BCUT2D eigenvalue weighted by molar-refractivity contribution is -0.134. The number of carbonyl (C=O) groups is 1. The van der Waals surface area contributed by atoms with E-state index in [1.165, 1.54) is 0 Å². The van der Waals surface area contributed by atoms with E-state index in [9.17, 15) is 9.90 Å². The summed E-state index contributed by atoms with van der Waals surface area (Å²) < 4.78 is 1.66. The SMILES string of the molecule is Cc1nnnn1-c1ccc(CC(=O)N2CCCC2C2(O)CC2)cc1. The summed E-state index contributed by atoms with van der Waals surface area (Å²) >= 11 is 0. The van der Waals surface area contributed by atoms with Crippen molar-refractivity contribution in [1.82, 2.24) is 25.1 Å².